The van der Waals surface area contributed by atoms with Gasteiger partial charge in [-0.1, -0.05) is 54.1 Å². The van der Waals surface area contributed by atoms with Crippen LogP contribution in [0, 0.1) is 13.8 Å². The summed E-state index contributed by atoms with van der Waals surface area (Å²) in [6.07, 6.45) is 0. The zero-order chi connectivity index (χ0) is 20.8. The number of nitrogens with zero attached hydrogens (tertiary/aromatic N) is 1. The Morgan fingerprint density at radius 2 is 1.72 bits per heavy atom. The van der Waals surface area contributed by atoms with Crippen LogP contribution in [-0.2, 0) is 11.3 Å². The van der Waals surface area contributed by atoms with E-state index < -0.39 is 0 Å². The molecule has 1 atom stereocenters. The number of aryl methyl sites for hydroxylation is 1. The predicted molar refractivity (Wildman–Crippen MR) is 122 cm³/mol. The monoisotopic (exact) mass is 427 g/mol. The molecule has 1 heterocycles. The Bertz CT molecular complexity index is 951. The van der Waals surface area contributed by atoms with E-state index >= 15 is 0 Å². The molecule has 1 unspecified atom stereocenters. The van der Waals surface area contributed by atoms with Gasteiger partial charge in [0.15, 0.2) is 5.78 Å². The lowest BCUT2D eigenvalue weighted by atomic mass is 10.0. The molecule has 152 valence electrons. The number of aromatic nitrogens is 1. The molecule has 3 rings (SSSR count). The van der Waals surface area contributed by atoms with Gasteiger partial charge in [-0.3, -0.25) is 4.79 Å². The number of halogens is 1. The molecule has 0 saturated carbocycles. The Morgan fingerprint density at radius 3 is 2.38 bits per heavy atom. The predicted octanol–water partition coefficient (Wildman–Crippen LogP) is 6.11. The summed E-state index contributed by atoms with van der Waals surface area (Å²) in [7, 11) is 1.69. The van der Waals surface area contributed by atoms with Gasteiger partial charge in [0, 0.05) is 35.6 Å². The van der Waals surface area contributed by atoms with Gasteiger partial charge in [-0.15, -0.1) is 11.8 Å². The van der Waals surface area contributed by atoms with E-state index in [0.717, 1.165) is 29.1 Å². The highest BCUT2D eigenvalue weighted by atomic mass is 35.5. The second-order valence-corrected chi connectivity index (χ2v) is 8.54. The van der Waals surface area contributed by atoms with Crippen LogP contribution in [0.1, 0.15) is 38.1 Å². The maximum Gasteiger partial charge on any atom is 0.174 e. The van der Waals surface area contributed by atoms with Crippen molar-refractivity contribution in [2.75, 3.05) is 19.5 Å². The van der Waals surface area contributed by atoms with E-state index in [9.17, 15) is 4.79 Å². The van der Waals surface area contributed by atoms with E-state index in [-0.39, 0.29) is 11.0 Å². The molecular formula is C24H26ClNO2S. The van der Waals surface area contributed by atoms with Crippen molar-refractivity contribution < 1.29 is 9.53 Å². The van der Waals surface area contributed by atoms with Crippen LogP contribution in [0.15, 0.2) is 60.7 Å². The quantitative estimate of drug-likeness (QED) is 0.386. The average molecular weight is 428 g/mol. The van der Waals surface area contributed by atoms with Crippen molar-refractivity contribution in [2.45, 2.75) is 25.6 Å². The fraction of sp³-hybridized carbons (Fsp3) is 0.292. The third kappa shape index (κ3) is 5.33. The normalized spacial score (nSPS) is 12.1. The molecule has 3 nitrogen and oxygen atoms in total. The summed E-state index contributed by atoms with van der Waals surface area (Å²) in [4.78, 5) is 13.0. The van der Waals surface area contributed by atoms with Gasteiger partial charge in [-0.2, -0.15) is 0 Å². The van der Waals surface area contributed by atoms with Crippen LogP contribution in [0.4, 0.5) is 0 Å². The Balaban J connectivity index is 1.79. The number of carbonyl (C=O) groups excluding carboxylic acids is 1. The molecule has 0 aliphatic carbocycles. The van der Waals surface area contributed by atoms with Gasteiger partial charge >= 0.3 is 0 Å². The minimum Gasteiger partial charge on any atom is -0.383 e. The number of hydrogen-bond acceptors (Lipinski definition) is 3. The largest absolute Gasteiger partial charge is 0.383 e. The first-order valence-electron chi connectivity index (χ1n) is 9.62. The molecule has 0 aliphatic heterocycles. The SMILES string of the molecule is COCCn1c(C)cc(C(=O)CSC(c2ccccc2)c2ccc(Cl)cc2)c1C. The number of thioether (sulfide) groups is 1. The van der Waals surface area contributed by atoms with E-state index in [2.05, 4.69) is 16.7 Å². The van der Waals surface area contributed by atoms with Gasteiger partial charge in [-0.05, 0) is 43.2 Å². The summed E-state index contributed by atoms with van der Waals surface area (Å²) in [5.41, 5.74) is 5.22. The van der Waals surface area contributed by atoms with Gasteiger partial charge in [0.1, 0.15) is 0 Å². The lowest BCUT2D eigenvalue weighted by molar-refractivity contribution is 0.102. The van der Waals surface area contributed by atoms with Crippen molar-refractivity contribution in [2.24, 2.45) is 0 Å². The maximum atomic E-state index is 13.0. The van der Waals surface area contributed by atoms with Crippen molar-refractivity contribution in [1.29, 1.82) is 0 Å². The van der Waals surface area contributed by atoms with E-state index in [4.69, 9.17) is 16.3 Å². The number of benzene rings is 2. The molecule has 0 amide bonds. The Hall–Kier alpha value is -2.01. The molecule has 0 radical (unpaired) electrons. The second kappa shape index (κ2) is 10.1. The molecule has 0 fully saturated rings. The van der Waals surface area contributed by atoms with Crippen molar-refractivity contribution in [3.8, 4) is 0 Å². The fourth-order valence-electron chi connectivity index (χ4n) is 3.50. The highest BCUT2D eigenvalue weighted by Gasteiger charge is 2.20. The number of methoxy groups -OCH3 is 1. The molecule has 3 aromatic rings. The van der Waals surface area contributed by atoms with E-state index in [1.165, 1.54) is 5.56 Å². The van der Waals surface area contributed by atoms with Crippen molar-refractivity contribution in [3.63, 3.8) is 0 Å². The molecule has 0 aliphatic rings. The number of Topliss-reactive ketones (excluding diaryl/α,β-unsaturated/α-hetero) is 1. The second-order valence-electron chi connectivity index (χ2n) is 7.01. The van der Waals surface area contributed by atoms with E-state index in [1.54, 1.807) is 18.9 Å². The third-order valence-corrected chi connectivity index (χ3v) is 6.61. The highest BCUT2D eigenvalue weighted by Crippen LogP contribution is 2.36. The van der Waals surface area contributed by atoms with Crippen LogP contribution < -0.4 is 0 Å². The molecule has 5 heteroatoms. The zero-order valence-electron chi connectivity index (χ0n) is 17.0. The minimum absolute atomic E-state index is 0.0781. The first kappa shape index (κ1) is 21.7. The van der Waals surface area contributed by atoms with Crippen molar-refractivity contribution >= 4 is 29.1 Å². The lowest BCUT2D eigenvalue weighted by Crippen LogP contribution is -2.10. The van der Waals surface area contributed by atoms with Gasteiger partial charge in [0.25, 0.3) is 0 Å². The zero-order valence-corrected chi connectivity index (χ0v) is 18.6. The molecule has 0 N–H and O–H groups in total. The van der Waals surface area contributed by atoms with Crippen LogP contribution in [0.25, 0.3) is 0 Å². The summed E-state index contributed by atoms with van der Waals surface area (Å²) in [6.45, 7) is 5.43. The highest BCUT2D eigenvalue weighted by molar-refractivity contribution is 8.00. The van der Waals surface area contributed by atoms with Crippen LogP contribution in [0.2, 0.25) is 5.02 Å². The third-order valence-electron chi connectivity index (χ3n) is 5.05. The van der Waals surface area contributed by atoms with Crippen LogP contribution >= 0.6 is 23.4 Å². The fourth-order valence-corrected chi connectivity index (χ4v) is 4.80. The van der Waals surface area contributed by atoms with E-state index in [1.807, 2.05) is 62.4 Å². The number of hydrogen-bond donors (Lipinski definition) is 0. The van der Waals surface area contributed by atoms with Gasteiger partial charge in [0.2, 0.25) is 0 Å². The number of rotatable bonds is 9. The summed E-state index contributed by atoms with van der Waals surface area (Å²) in [5, 5.41) is 0.791. The molecule has 1 aromatic heterocycles. The van der Waals surface area contributed by atoms with Crippen LogP contribution in [0.5, 0.6) is 0 Å². The summed E-state index contributed by atoms with van der Waals surface area (Å²) >= 11 is 7.72. The molecule has 0 spiro atoms. The number of carbonyl (C=O) groups is 1. The van der Waals surface area contributed by atoms with Crippen LogP contribution in [-0.4, -0.2) is 29.8 Å². The van der Waals surface area contributed by atoms with Crippen LogP contribution in [0.3, 0.4) is 0 Å². The van der Waals surface area contributed by atoms with Gasteiger partial charge in [-0.25, -0.2) is 0 Å². The first-order valence-corrected chi connectivity index (χ1v) is 11.0. The summed E-state index contributed by atoms with van der Waals surface area (Å²) < 4.78 is 7.34. The van der Waals surface area contributed by atoms with Gasteiger partial charge in [0.05, 0.1) is 17.6 Å². The van der Waals surface area contributed by atoms with Crippen molar-refractivity contribution in [3.05, 3.63) is 93.8 Å². The number of ether oxygens (including phenoxy) is 1. The Kier molecular flexibility index (Phi) is 7.59. The Morgan fingerprint density at radius 1 is 1.07 bits per heavy atom. The van der Waals surface area contributed by atoms with E-state index in [0.29, 0.717) is 17.4 Å². The smallest absolute Gasteiger partial charge is 0.174 e. The molecule has 0 bridgehead atoms. The minimum atomic E-state index is 0.0781. The molecule has 2 aromatic carbocycles. The maximum absolute atomic E-state index is 13.0. The summed E-state index contributed by atoms with van der Waals surface area (Å²) in [6, 6.07) is 20.1. The lowest BCUT2D eigenvalue weighted by Gasteiger charge is -2.17. The topological polar surface area (TPSA) is 31.2 Å². The number of ketones is 1. The van der Waals surface area contributed by atoms with Crippen molar-refractivity contribution in [1.82, 2.24) is 4.57 Å². The van der Waals surface area contributed by atoms with Gasteiger partial charge < -0.3 is 9.30 Å². The first-order chi connectivity index (χ1) is 14.0. The molecule has 29 heavy (non-hydrogen) atoms. The molecular weight excluding hydrogens is 402 g/mol. The average Bonchev–Trinajstić information content (AvgIpc) is 3.02. The Labute approximate surface area is 182 Å². The molecule has 0 saturated heterocycles. The summed E-state index contributed by atoms with van der Waals surface area (Å²) in [5.74, 6) is 0.568. The standard InChI is InChI=1S/C24H26ClNO2S/c1-17-15-22(18(2)26(17)13-14-28-3)23(27)16-29-24(19-7-5-4-6-8-19)20-9-11-21(25)12-10-20/h4-12,15,24H,13-14,16H2,1-3H3.